The molecule has 3 nitrogen and oxygen atoms in total. The van der Waals surface area contributed by atoms with Crippen LogP contribution < -0.4 is 0 Å². The van der Waals surface area contributed by atoms with Crippen LogP contribution in [0, 0.1) is 11.8 Å². The molecule has 0 radical (unpaired) electrons. The van der Waals surface area contributed by atoms with Crippen molar-refractivity contribution in [3.8, 4) is 0 Å². The minimum Gasteiger partial charge on any atom is -0.481 e. The summed E-state index contributed by atoms with van der Waals surface area (Å²) < 4.78 is 0. The molecule has 0 amide bonds. The van der Waals surface area contributed by atoms with Crippen LogP contribution in [0.2, 0.25) is 5.02 Å². The van der Waals surface area contributed by atoms with Gasteiger partial charge in [-0.2, -0.15) is 0 Å². The molecule has 0 aromatic heterocycles. The van der Waals surface area contributed by atoms with E-state index >= 15 is 0 Å². The van der Waals surface area contributed by atoms with Crippen molar-refractivity contribution in [3.05, 3.63) is 34.3 Å². The van der Waals surface area contributed by atoms with Crippen molar-refractivity contribution in [2.45, 2.75) is 32.2 Å². The number of carboxylic acids is 1. The zero-order valence-electron chi connectivity index (χ0n) is 11.7. The molecule has 1 saturated heterocycles. The average Bonchev–Trinajstić information content (AvgIpc) is 2.83. The van der Waals surface area contributed by atoms with Crippen molar-refractivity contribution in [2.24, 2.45) is 11.8 Å². The molecule has 1 N–H and O–H groups in total. The monoisotopic (exact) mass is 293 g/mol. The first-order chi connectivity index (χ1) is 9.56. The Morgan fingerprint density at radius 3 is 2.95 bits per heavy atom. The van der Waals surface area contributed by atoms with E-state index in [1.54, 1.807) is 0 Å². The van der Waals surface area contributed by atoms with Crippen LogP contribution in [0.4, 0.5) is 0 Å². The lowest BCUT2D eigenvalue weighted by molar-refractivity contribution is -0.144. The summed E-state index contributed by atoms with van der Waals surface area (Å²) in [5.74, 6) is -0.457. The summed E-state index contributed by atoms with van der Waals surface area (Å²) in [5, 5.41) is 10.2. The van der Waals surface area contributed by atoms with Crippen molar-refractivity contribution < 1.29 is 9.90 Å². The van der Waals surface area contributed by atoms with Gasteiger partial charge in [-0.15, -0.1) is 0 Å². The molecule has 1 fully saturated rings. The second-order valence-electron chi connectivity index (χ2n) is 6.19. The molecular weight excluding hydrogens is 274 g/mol. The lowest BCUT2D eigenvalue weighted by Gasteiger charge is -2.38. The maximum absolute atomic E-state index is 11.3. The quantitative estimate of drug-likeness (QED) is 0.909. The van der Waals surface area contributed by atoms with Crippen LogP contribution in [-0.4, -0.2) is 29.1 Å². The van der Waals surface area contributed by atoms with Gasteiger partial charge in [-0.05, 0) is 42.4 Å². The summed E-state index contributed by atoms with van der Waals surface area (Å²) in [6.45, 7) is 3.80. The van der Waals surface area contributed by atoms with Crippen molar-refractivity contribution >= 4 is 17.6 Å². The van der Waals surface area contributed by atoms with E-state index in [0.717, 1.165) is 30.8 Å². The molecule has 4 heteroatoms. The number of hydrogen-bond acceptors (Lipinski definition) is 2. The Morgan fingerprint density at radius 1 is 1.40 bits per heavy atom. The van der Waals surface area contributed by atoms with E-state index in [2.05, 4.69) is 17.9 Å². The highest BCUT2D eigenvalue weighted by Crippen LogP contribution is 2.41. The highest BCUT2D eigenvalue weighted by molar-refractivity contribution is 6.31. The Labute approximate surface area is 124 Å². The molecule has 1 aromatic rings. The molecule has 1 heterocycles. The fourth-order valence-electron chi connectivity index (χ4n) is 3.79. The summed E-state index contributed by atoms with van der Waals surface area (Å²) in [5.41, 5.74) is 2.56. The lowest BCUT2D eigenvalue weighted by Crippen LogP contribution is -2.43. The molecule has 108 valence electrons. The van der Waals surface area contributed by atoms with Gasteiger partial charge in [-0.3, -0.25) is 9.69 Å². The van der Waals surface area contributed by atoms with Gasteiger partial charge in [0.1, 0.15) is 0 Å². The molecular formula is C16H20ClNO2. The van der Waals surface area contributed by atoms with Crippen molar-refractivity contribution in [1.82, 2.24) is 4.90 Å². The molecule has 3 atom stereocenters. The normalized spacial score (nSPS) is 30.2. The molecule has 2 aliphatic rings. The SMILES string of the molecule is CC1CC(C(=O)O)CN(C2CCc3c(Cl)cccc32)C1. The number of piperidine rings is 1. The summed E-state index contributed by atoms with van der Waals surface area (Å²) in [7, 11) is 0. The number of benzene rings is 1. The third kappa shape index (κ3) is 2.45. The van der Waals surface area contributed by atoms with E-state index in [0.29, 0.717) is 18.5 Å². The third-order valence-corrected chi connectivity index (χ3v) is 5.01. The summed E-state index contributed by atoms with van der Waals surface area (Å²) in [6, 6.07) is 6.44. The van der Waals surface area contributed by atoms with E-state index < -0.39 is 5.97 Å². The van der Waals surface area contributed by atoms with Crippen LogP contribution in [0.3, 0.4) is 0 Å². The second-order valence-corrected chi connectivity index (χ2v) is 6.60. The van der Waals surface area contributed by atoms with Crippen LogP contribution in [0.15, 0.2) is 18.2 Å². The Hall–Kier alpha value is -1.06. The number of rotatable bonds is 2. The van der Waals surface area contributed by atoms with E-state index in [9.17, 15) is 9.90 Å². The van der Waals surface area contributed by atoms with Gasteiger partial charge in [0.25, 0.3) is 0 Å². The molecule has 0 saturated carbocycles. The molecule has 0 bridgehead atoms. The summed E-state index contributed by atoms with van der Waals surface area (Å²) in [4.78, 5) is 13.7. The number of aliphatic carboxylic acids is 1. The van der Waals surface area contributed by atoms with Crippen LogP contribution in [-0.2, 0) is 11.2 Å². The van der Waals surface area contributed by atoms with Crippen LogP contribution in [0.25, 0.3) is 0 Å². The second kappa shape index (κ2) is 5.38. The van der Waals surface area contributed by atoms with Gasteiger partial charge in [0, 0.05) is 24.2 Å². The van der Waals surface area contributed by atoms with Gasteiger partial charge < -0.3 is 5.11 Å². The largest absolute Gasteiger partial charge is 0.481 e. The Morgan fingerprint density at radius 2 is 2.20 bits per heavy atom. The number of carboxylic acid groups (broad SMARTS) is 1. The highest BCUT2D eigenvalue weighted by atomic mass is 35.5. The third-order valence-electron chi connectivity index (χ3n) is 4.66. The van der Waals surface area contributed by atoms with E-state index in [1.165, 1.54) is 11.1 Å². The first-order valence-electron chi connectivity index (χ1n) is 7.30. The molecule has 3 unspecified atom stereocenters. The predicted molar refractivity (Wildman–Crippen MR) is 79.0 cm³/mol. The van der Waals surface area contributed by atoms with Gasteiger partial charge in [0.2, 0.25) is 0 Å². The molecule has 1 aliphatic heterocycles. The van der Waals surface area contributed by atoms with Gasteiger partial charge in [-0.25, -0.2) is 0 Å². The maximum Gasteiger partial charge on any atom is 0.307 e. The minimum absolute atomic E-state index is 0.234. The van der Waals surface area contributed by atoms with Crippen LogP contribution in [0.5, 0.6) is 0 Å². The number of halogens is 1. The van der Waals surface area contributed by atoms with Gasteiger partial charge >= 0.3 is 5.97 Å². The predicted octanol–water partition coefficient (Wildman–Crippen LogP) is 3.37. The maximum atomic E-state index is 11.3. The van der Waals surface area contributed by atoms with Crippen molar-refractivity contribution in [1.29, 1.82) is 0 Å². The van der Waals surface area contributed by atoms with E-state index in [-0.39, 0.29) is 5.92 Å². The smallest absolute Gasteiger partial charge is 0.307 e. The topological polar surface area (TPSA) is 40.5 Å². The number of hydrogen-bond donors (Lipinski definition) is 1. The van der Waals surface area contributed by atoms with Gasteiger partial charge in [-0.1, -0.05) is 30.7 Å². The van der Waals surface area contributed by atoms with E-state index in [1.807, 2.05) is 12.1 Å². The number of nitrogens with zero attached hydrogens (tertiary/aromatic N) is 1. The van der Waals surface area contributed by atoms with Gasteiger partial charge in [0.05, 0.1) is 5.92 Å². The molecule has 1 aromatic carbocycles. The Balaban J connectivity index is 1.84. The van der Waals surface area contributed by atoms with Gasteiger partial charge in [0.15, 0.2) is 0 Å². The molecule has 3 rings (SSSR count). The first kappa shape index (κ1) is 13.9. The number of likely N-dealkylation sites (tertiary alicyclic amines) is 1. The minimum atomic E-state index is -0.661. The molecule has 20 heavy (non-hydrogen) atoms. The zero-order valence-corrected chi connectivity index (χ0v) is 12.4. The van der Waals surface area contributed by atoms with Crippen molar-refractivity contribution in [2.75, 3.05) is 13.1 Å². The average molecular weight is 294 g/mol. The lowest BCUT2D eigenvalue weighted by atomic mass is 9.89. The number of fused-ring (bicyclic) bond motifs is 1. The number of carbonyl (C=O) groups is 1. The Bertz CT molecular complexity index is 531. The van der Waals surface area contributed by atoms with E-state index in [4.69, 9.17) is 11.6 Å². The fraction of sp³-hybridized carbons (Fsp3) is 0.562. The fourth-order valence-corrected chi connectivity index (χ4v) is 4.07. The first-order valence-corrected chi connectivity index (χ1v) is 7.68. The zero-order chi connectivity index (χ0) is 14.3. The molecule has 1 aliphatic carbocycles. The van der Waals surface area contributed by atoms with Crippen molar-refractivity contribution in [3.63, 3.8) is 0 Å². The summed E-state index contributed by atoms with van der Waals surface area (Å²) in [6.07, 6.45) is 2.85. The Kier molecular flexibility index (Phi) is 3.74. The highest BCUT2D eigenvalue weighted by Gasteiger charge is 2.36. The van der Waals surface area contributed by atoms with Crippen LogP contribution >= 0.6 is 11.6 Å². The standard InChI is InChI=1S/C16H20ClNO2/c1-10-7-11(16(19)20)9-18(8-10)15-6-5-12-13(15)3-2-4-14(12)17/h2-4,10-11,15H,5-9H2,1H3,(H,19,20). The summed E-state index contributed by atoms with van der Waals surface area (Å²) >= 11 is 6.27. The van der Waals surface area contributed by atoms with Crippen LogP contribution in [0.1, 0.15) is 36.9 Å². The molecule has 0 spiro atoms.